The molecule has 0 aliphatic carbocycles. The van der Waals surface area contributed by atoms with Gasteiger partial charge in [0.1, 0.15) is 0 Å². The lowest BCUT2D eigenvalue weighted by atomic mass is 10.2. The van der Waals surface area contributed by atoms with Crippen LogP contribution in [0, 0.1) is 0 Å². The van der Waals surface area contributed by atoms with Crippen molar-refractivity contribution in [3.63, 3.8) is 0 Å². The second kappa shape index (κ2) is 6.49. The Labute approximate surface area is 147 Å². The van der Waals surface area contributed by atoms with E-state index in [9.17, 15) is 9.59 Å². The van der Waals surface area contributed by atoms with Crippen LogP contribution < -0.4 is 11.2 Å². The van der Waals surface area contributed by atoms with Gasteiger partial charge in [0, 0.05) is 19.1 Å². The van der Waals surface area contributed by atoms with Gasteiger partial charge >= 0.3 is 5.69 Å². The van der Waals surface area contributed by atoms with Gasteiger partial charge in [-0.3, -0.25) is 13.9 Å². The predicted molar refractivity (Wildman–Crippen MR) is 97.2 cm³/mol. The Morgan fingerprint density at radius 3 is 2.54 bits per heavy atom. The van der Waals surface area contributed by atoms with E-state index in [1.54, 1.807) is 30.8 Å². The second-order valence-corrected chi connectivity index (χ2v) is 7.02. The molecule has 0 saturated heterocycles. The summed E-state index contributed by atoms with van der Waals surface area (Å²) in [4.78, 5) is 30.0. The standard InChI is InChI=1S/C16H17ClN4O2S/c1-4-24-15-18-13-12(19(15)2)14(22)21(16(23)20(13)3)9-10-7-5-6-8-11(10)17/h5-8H,4,9H2,1-3H3. The Balaban J connectivity index is 2.26. The Hall–Kier alpha value is -1.99. The third-order valence-electron chi connectivity index (χ3n) is 3.88. The number of halogens is 1. The number of hydrogen-bond acceptors (Lipinski definition) is 4. The highest BCUT2D eigenvalue weighted by molar-refractivity contribution is 7.99. The molecule has 0 N–H and O–H groups in total. The van der Waals surface area contributed by atoms with Crippen molar-refractivity contribution in [1.29, 1.82) is 0 Å². The molecule has 8 heteroatoms. The van der Waals surface area contributed by atoms with Crippen molar-refractivity contribution < 1.29 is 0 Å². The zero-order valence-electron chi connectivity index (χ0n) is 13.6. The zero-order valence-corrected chi connectivity index (χ0v) is 15.2. The second-order valence-electron chi connectivity index (χ2n) is 5.38. The van der Waals surface area contributed by atoms with Gasteiger partial charge in [0.05, 0.1) is 6.54 Å². The summed E-state index contributed by atoms with van der Waals surface area (Å²) >= 11 is 7.70. The fourth-order valence-corrected chi connectivity index (χ4v) is 3.51. The summed E-state index contributed by atoms with van der Waals surface area (Å²) in [7, 11) is 3.42. The number of hydrogen-bond donors (Lipinski definition) is 0. The SMILES string of the molecule is CCSc1nc2c(c(=O)n(Cc3ccccc3Cl)c(=O)n2C)n1C. The number of aryl methyl sites for hydroxylation is 2. The zero-order chi connectivity index (χ0) is 17.4. The first-order chi connectivity index (χ1) is 11.5. The summed E-state index contributed by atoms with van der Waals surface area (Å²) in [6.07, 6.45) is 0. The molecular weight excluding hydrogens is 348 g/mol. The molecule has 0 aliphatic rings. The largest absolute Gasteiger partial charge is 0.332 e. The van der Waals surface area contributed by atoms with Gasteiger partial charge in [0.15, 0.2) is 16.3 Å². The van der Waals surface area contributed by atoms with Gasteiger partial charge in [-0.15, -0.1) is 0 Å². The van der Waals surface area contributed by atoms with E-state index in [-0.39, 0.29) is 12.1 Å². The first kappa shape index (κ1) is 16.9. The molecule has 2 aromatic heterocycles. The molecule has 0 saturated carbocycles. The quantitative estimate of drug-likeness (QED) is 0.666. The summed E-state index contributed by atoms with van der Waals surface area (Å²) in [5.41, 5.74) is 0.784. The maximum Gasteiger partial charge on any atom is 0.332 e. The normalized spacial score (nSPS) is 11.3. The third kappa shape index (κ3) is 2.67. The number of thioether (sulfide) groups is 1. The van der Waals surface area contributed by atoms with Gasteiger partial charge in [0.25, 0.3) is 5.56 Å². The Bertz CT molecular complexity index is 1030. The highest BCUT2D eigenvalue weighted by Crippen LogP contribution is 2.20. The van der Waals surface area contributed by atoms with Crippen LogP contribution in [-0.2, 0) is 20.6 Å². The number of rotatable bonds is 4. The minimum Gasteiger partial charge on any atom is -0.316 e. The van der Waals surface area contributed by atoms with E-state index >= 15 is 0 Å². The topological polar surface area (TPSA) is 61.8 Å². The van der Waals surface area contributed by atoms with E-state index in [2.05, 4.69) is 4.98 Å². The minimum atomic E-state index is -0.404. The van der Waals surface area contributed by atoms with Crippen LogP contribution in [0.1, 0.15) is 12.5 Å². The highest BCUT2D eigenvalue weighted by Gasteiger charge is 2.18. The van der Waals surface area contributed by atoms with E-state index in [0.717, 1.165) is 16.5 Å². The molecule has 0 spiro atoms. The lowest BCUT2D eigenvalue weighted by Crippen LogP contribution is -2.39. The summed E-state index contributed by atoms with van der Waals surface area (Å²) < 4.78 is 4.35. The number of imidazole rings is 1. The van der Waals surface area contributed by atoms with Crippen LogP contribution in [0.25, 0.3) is 11.2 Å². The molecule has 3 aromatic rings. The van der Waals surface area contributed by atoms with Gasteiger partial charge in [-0.05, 0) is 17.4 Å². The fraction of sp³-hybridized carbons (Fsp3) is 0.312. The first-order valence-electron chi connectivity index (χ1n) is 7.48. The maximum atomic E-state index is 12.9. The third-order valence-corrected chi connectivity index (χ3v) is 5.16. The smallest absolute Gasteiger partial charge is 0.316 e. The van der Waals surface area contributed by atoms with Crippen molar-refractivity contribution in [2.75, 3.05) is 5.75 Å². The number of fused-ring (bicyclic) bond motifs is 1. The average molecular weight is 365 g/mol. The predicted octanol–water partition coefficient (Wildman–Crippen LogP) is 2.25. The van der Waals surface area contributed by atoms with Gasteiger partial charge in [-0.2, -0.15) is 0 Å². The van der Waals surface area contributed by atoms with Gasteiger partial charge in [-0.25, -0.2) is 9.78 Å². The summed E-state index contributed by atoms with van der Waals surface area (Å²) in [6, 6.07) is 7.19. The molecule has 2 heterocycles. The minimum absolute atomic E-state index is 0.128. The van der Waals surface area contributed by atoms with Crippen LogP contribution in [0.4, 0.5) is 0 Å². The molecular formula is C16H17ClN4O2S. The molecule has 0 fully saturated rings. The number of aromatic nitrogens is 4. The van der Waals surface area contributed by atoms with Crippen molar-refractivity contribution >= 4 is 34.5 Å². The first-order valence-corrected chi connectivity index (χ1v) is 8.84. The van der Waals surface area contributed by atoms with Gasteiger partial charge in [0.2, 0.25) is 0 Å². The van der Waals surface area contributed by atoms with Gasteiger partial charge in [-0.1, -0.05) is 48.5 Å². The van der Waals surface area contributed by atoms with Crippen LogP contribution in [0.15, 0.2) is 39.0 Å². The van der Waals surface area contributed by atoms with E-state index in [1.165, 1.54) is 20.9 Å². The average Bonchev–Trinajstić information content (AvgIpc) is 2.89. The Kier molecular flexibility index (Phi) is 4.56. The van der Waals surface area contributed by atoms with E-state index in [0.29, 0.717) is 16.2 Å². The van der Waals surface area contributed by atoms with Crippen LogP contribution in [-0.4, -0.2) is 24.4 Å². The molecule has 3 rings (SSSR count). The molecule has 24 heavy (non-hydrogen) atoms. The van der Waals surface area contributed by atoms with Crippen molar-refractivity contribution in [3.8, 4) is 0 Å². The van der Waals surface area contributed by atoms with Crippen LogP contribution in [0.5, 0.6) is 0 Å². The summed E-state index contributed by atoms with van der Waals surface area (Å²) in [5, 5.41) is 1.24. The Morgan fingerprint density at radius 1 is 1.17 bits per heavy atom. The van der Waals surface area contributed by atoms with Crippen molar-refractivity contribution in [1.82, 2.24) is 18.7 Å². The number of benzene rings is 1. The molecule has 0 atom stereocenters. The number of nitrogens with zero attached hydrogens (tertiary/aromatic N) is 4. The monoisotopic (exact) mass is 364 g/mol. The lowest BCUT2D eigenvalue weighted by Gasteiger charge is -2.09. The summed E-state index contributed by atoms with van der Waals surface area (Å²) in [5.74, 6) is 0.832. The van der Waals surface area contributed by atoms with Gasteiger partial charge < -0.3 is 4.57 Å². The molecule has 6 nitrogen and oxygen atoms in total. The van der Waals surface area contributed by atoms with E-state index in [1.807, 2.05) is 19.1 Å². The molecule has 126 valence electrons. The molecule has 0 amide bonds. The van der Waals surface area contributed by atoms with Crippen molar-refractivity contribution in [2.24, 2.45) is 14.1 Å². The van der Waals surface area contributed by atoms with Crippen molar-refractivity contribution in [3.05, 3.63) is 55.7 Å². The molecule has 0 bridgehead atoms. The van der Waals surface area contributed by atoms with Crippen molar-refractivity contribution in [2.45, 2.75) is 18.6 Å². The molecule has 0 unspecified atom stereocenters. The fourth-order valence-electron chi connectivity index (χ4n) is 2.62. The lowest BCUT2D eigenvalue weighted by molar-refractivity contribution is 0.655. The van der Waals surface area contributed by atoms with Crippen LogP contribution in [0.2, 0.25) is 5.02 Å². The molecule has 0 radical (unpaired) electrons. The molecule has 0 aliphatic heterocycles. The maximum absolute atomic E-state index is 12.9. The van der Waals surface area contributed by atoms with E-state index in [4.69, 9.17) is 11.6 Å². The van der Waals surface area contributed by atoms with E-state index < -0.39 is 5.69 Å². The Morgan fingerprint density at radius 2 is 1.88 bits per heavy atom. The van der Waals surface area contributed by atoms with Crippen LogP contribution >= 0.6 is 23.4 Å². The molecule has 1 aromatic carbocycles. The summed E-state index contributed by atoms with van der Waals surface area (Å²) in [6.45, 7) is 2.14. The highest BCUT2D eigenvalue weighted by atomic mass is 35.5. The van der Waals surface area contributed by atoms with Crippen LogP contribution in [0.3, 0.4) is 0 Å².